The lowest BCUT2D eigenvalue weighted by Crippen LogP contribution is -2.33. The van der Waals surface area contributed by atoms with E-state index in [0.29, 0.717) is 0 Å². The standard InChI is InChI=1S/C5H12Cl3NSi2/c1-5(10(2,3)4)9-11(6,7)8/h1-4H3. The Hall–Kier alpha value is 0.974. The SMILES string of the molecule is CC(=N[Si](Cl)(Cl)Cl)[Si](C)(C)C. The minimum Gasteiger partial charge on any atom is -0.289 e. The Kier molecular flexibility index (Phi) is 4.12. The average molecular weight is 249 g/mol. The zero-order valence-electron chi connectivity index (χ0n) is 7.08. The Morgan fingerprint density at radius 2 is 1.45 bits per heavy atom. The van der Waals surface area contributed by atoms with E-state index in [0.717, 1.165) is 5.33 Å². The number of rotatable bonds is 2. The van der Waals surface area contributed by atoms with Gasteiger partial charge >= 0.3 is 6.16 Å². The molecule has 0 amide bonds. The fourth-order valence-corrected chi connectivity index (χ4v) is 4.36. The van der Waals surface area contributed by atoms with Crippen LogP contribution in [0.1, 0.15) is 6.92 Å². The van der Waals surface area contributed by atoms with Gasteiger partial charge in [-0.25, -0.2) is 0 Å². The van der Waals surface area contributed by atoms with Gasteiger partial charge in [-0.1, -0.05) is 19.6 Å². The Labute approximate surface area is 84.0 Å². The van der Waals surface area contributed by atoms with E-state index in [1.807, 2.05) is 6.92 Å². The van der Waals surface area contributed by atoms with Gasteiger partial charge in [0.1, 0.15) is 0 Å². The molecular formula is C5H12Cl3NSi2. The van der Waals surface area contributed by atoms with Crippen LogP contribution in [0.15, 0.2) is 4.66 Å². The average Bonchev–Trinajstić information content (AvgIpc) is 1.56. The van der Waals surface area contributed by atoms with Crippen molar-refractivity contribution in [2.45, 2.75) is 26.6 Å². The smallest absolute Gasteiger partial charge is 0.289 e. The number of nitrogens with zero attached hydrogens (tertiary/aromatic N) is 1. The summed E-state index contributed by atoms with van der Waals surface area (Å²) in [5.74, 6) is 0. The van der Waals surface area contributed by atoms with Gasteiger partial charge in [-0.15, -0.1) is 33.2 Å². The van der Waals surface area contributed by atoms with E-state index in [-0.39, 0.29) is 0 Å². The molecule has 1 nitrogen and oxygen atoms in total. The molecule has 0 aliphatic carbocycles. The third-order valence-electron chi connectivity index (χ3n) is 1.38. The third kappa shape index (κ3) is 6.16. The lowest BCUT2D eigenvalue weighted by molar-refractivity contribution is 1.69. The van der Waals surface area contributed by atoms with E-state index < -0.39 is 14.2 Å². The van der Waals surface area contributed by atoms with Crippen molar-refractivity contribution in [3.63, 3.8) is 0 Å². The van der Waals surface area contributed by atoms with Crippen LogP contribution in [0, 0.1) is 0 Å². The monoisotopic (exact) mass is 247 g/mol. The van der Waals surface area contributed by atoms with Crippen molar-refractivity contribution in [3.8, 4) is 0 Å². The van der Waals surface area contributed by atoms with Crippen molar-refractivity contribution in [3.05, 3.63) is 0 Å². The second-order valence-corrected chi connectivity index (χ2v) is 16.5. The van der Waals surface area contributed by atoms with E-state index in [4.69, 9.17) is 33.2 Å². The maximum absolute atomic E-state index is 5.64. The molecule has 0 radical (unpaired) electrons. The molecular weight excluding hydrogens is 237 g/mol. The first-order valence-electron chi connectivity index (χ1n) is 3.26. The summed E-state index contributed by atoms with van der Waals surface area (Å²) in [7, 11) is -1.34. The lowest BCUT2D eigenvalue weighted by atomic mass is 10.9. The third-order valence-corrected chi connectivity index (χ3v) is 5.24. The van der Waals surface area contributed by atoms with Crippen molar-refractivity contribution in [2.75, 3.05) is 0 Å². The molecule has 66 valence electrons. The van der Waals surface area contributed by atoms with Gasteiger partial charge in [-0.05, 0) is 12.3 Å². The second kappa shape index (κ2) is 3.79. The highest BCUT2D eigenvalue weighted by molar-refractivity contribution is 7.64. The zero-order chi connectivity index (χ0) is 9.28. The highest BCUT2D eigenvalue weighted by Crippen LogP contribution is 2.22. The number of halogens is 3. The molecule has 0 aliphatic heterocycles. The van der Waals surface area contributed by atoms with Crippen molar-refractivity contribution in [1.82, 2.24) is 0 Å². The maximum atomic E-state index is 5.64. The van der Waals surface area contributed by atoms with Crippen LogP contribution in [0.4, 0.5) is 0 Å². The molecule has 11 heavy (non-hydrogen) atoms. The molecule has 0 fully saturated rings. The van der Waals surface area contributed by atoms with Crippen molar-refractivity contribution >= 4 is 52.8 Å². The summed E-state index contributed by atoms with van der Waals surface area (Å²) in [5.41, 5.74) is 0. The molecule has 0 aromatic heterocycles. The first-order valence-corrected chi connectivity index (χ1v) is 11.7. The molecule has 6 heteroatoms. The van der Waals surface area contributed by atoms with E-state index in [1.54, 1.807) is 0 Å². The van der Waals surface area contributed by atoms with Crippen LogP contribution < -0.4 is 0 Å². The molecule has 0 aromatic rings. The van der Waals surface area contributed by atoms with Gasteiger partial charge in [0.05, 0.1) is 8.07 Å². The predicted octanol–water partition coefficient (Wildman–Crippen LogP) is 3.48. The highest BCUT2D eigenvalue weighted by Gasteiger charge is 2.28. The molecule has 0 aliphatic rings. The Balaban J connectivity index is 4.49. The molecule has 0 rings (SSSR count). The Morgan fingerprint density at radius 1 is 1.09 bits per heavy atom. The van der Waals surface area contributed by atoms with Gasteiger partial charge in [-0.2, -0.15) is 0 Å². The van der Waals surface area contributed by atoms with Crippen molar-refractivity contribution in [2.24, 2.45) is 4.66 Å². The minimum atomic E-state index is -2.79. The molecule has 0 bridgehead atoms. The van der Waals surface area contributed by atoms with Crippen LogP contribution >= 0.6 is 33.2 Å². The molecule has 0 N–H and O–H groups in total. The molecule has 0 unspecified atom stereocenters. The van der Waals surface area contributed by atoms with E-state index in [9.17, 15) is 0 Å². The van der Waals surface area contributed by atoms with Crippen LogP contribution in [0.2, 0.25) is 19.6 Å². The largest absolute Gasteiger partial charge is 0.472 e. The summed E-state index contributed by atoms with van der Waals surface area (Å²) in [6.45, 7) is 8.48. The topological polar surface area (TPSA) is 12.4 Å². The van der Waals surface area contributed by atoms with Crippen molar-refractivity contribution < 1.29 is 0 Å². The van der Waals surface area contributed by atoms with Crippen LogP contribution in [-0.4, -0.2) is 19.6 Å². The lowest BCUT2D eigenvalue weighted by Gasteiger charge is -2.17. The normalized spacial score (nSPS) is 15.4. The minimum absolute atomic E-state index is 1.03. The predicted molar refractivity (Wildman–Crippen MR) is 59.8 cm³/mol. The fourth-order valence-electron chi connectivity index (χ4n) is 0.358. The molecule has 0 spiro atoms. The molecule has 0 atom stereocenters. The van der Waals surface area contributed by atoms with Crippen LogP contribution in [0.3, 0.4) is 0 Å². The fraction of sp³-hybridized carbons (Fsp3) is 0.800. The van der Waals surface area contributed by atoms with Crippen LogP contribution in [0.25, 0.3) is 0 Å². The van der Waals surface area contributed by atoms with Crippen LogP contribution in [0.5, 0.6) is 0 Å². The molecule has 0 heterocycles. The summed E-state index contributed by atoms with van der Waals surface area (Å²) in [5, 5.41) is 1.03. The first-order chi connectivity index (χ1) is 4.63. The van der Waals surface area contributed by atoms with Crippen LogP contribution in [-0.2, 0) is 0 Å². The van der Waals surface area contributed by atoms with E-state index in [2.05, 4.69) is 24.3 Å². The highest BCUT2D eigenvalue weighted by atomic mass is 35.8. The quantitative estimate of drug-likeness (QED) is 0.403. The number of hydrogen-bond donors (Lipinski definition) is 0. The summed E-state index contributed by atoms with van der Waals surface area (Å²) in [4.78, 5) is 0. The summed E-state index contributed by atoms with van der Waals surface area (Å²) < 4.78 is 4.09. The Morgan fingerprint density at radius 3 is 1.55 bits per heavy atom. The van der Waals surface area contributed by atoms with E-state index >= 15 is 0 Å². The first kappa shape index (κ1) is 12.0. The van der Waals surface area contributed by atoms with Gasteiger partial charge in [-0.3, -0.25) is 4.66 Å². The number of hydrogen-bond acceptors (Lipinski definition) is 1. The van der Waals surface area contributed by atoms with Gasteiger partial charge < -0.3 is 0 Å². The van der Waals surface area contributed by atoms with Crippen molar-refractivity contribution in [1.29, 1.82) is 0 Å². The van der Waals surface area contributed by atoms with Gasteiger partial charge in [0.15, 0.2) is 0 Å². The summed E-state index contributed by atoms with van der Waals surface area (Å²) >= 11 is 16.9. The molecule has 0 saturated heterocycles. The zero-order valence-corrected chi connectivity index (χ0v) is 11.3. The Bertz CT molecular complexity index is 168. The second-order valence-electron chi connectivity index (χ2n) is 3.42. The van der Waals surface area contributed by atoms with E-state index in [1.165, 1.54) is 0 Å². The van der Waals surface area contributed by atoms with Gasteiger partial charge in [0, 0.05) is 0 Å². The maximum Gasteiger partial charge on any atom is 0.472 e. The molecule has 0 saturated carbocycles. The van der Waals surface area contributed by atoms with Gasteiger partial charge in [0.2, 0.25) is 0 Å². The molecule has 0 aromatic carbocycles. The summed E-state index contributed by atoms with van der Waals surface area (Å²) in [6, 6.07) is 0. The van der Waals surface area contributed by atoms with Gasteiger partial charge in [0.25, 0.3) is 0 Å². The summed E-state index contributed by atoms with van der Waals surface area (Å²) in [6.07, 6.45) is -2.79.